The van der Waals surface area contributed by atoms with E-state index in [1.807, 2.05) is 31.2 Å². The van der Waals surface area contributed by atoms with Crippen LogP contribution in [0.25, 0.3) is 0 Å². The zero-order valence-electron chi connectivity index (χ0n) is 14.4. The summed E-state index contributed by atoms with van der Waals surface area (Å²) in [5, 5.41) is 2.94. The van der Waals surface area contributed by atoms with Crippen molar-refractivity contribution < 1.29 is 14.3 Å². The molecule has 2 aromatic rings. The van der Waals surface area contributed by atoms with Gasteiger partial charge in [0.2, 0.25) is 5.88 Å². The van der Waals surface area contributed by atoms with Gasteiger partial charge in [-0.1, -0.05) is 12.1 Å². The van der Waals surface area contributed by atoms with Crippen molar-refractivity contribution in [2.75, 3.05) is 20.2 Å². The Labute approximate surface area is 147 Å². The van der Waals surface area contributed by atoms with Crippen molar-refractivity contribution in [1.29, 1.82) is 0 Å². The van der Waals surface area contributed by atoms with Gasteiger partial charge in [-0.05, 0) is 24.6 Å². The Bertz CT molecular complexity index is 721. The van der Waals surface area contributed by atoms with Crippen LogP contribution in [0.2, 0.25) is 0 Å². The van der Waals surface area contributed by atoms with Crippen molar-refractivity contribution in [3.8, 4) is 11.6 Å². The Morgan fingerprint density at radius 3 is 2.84 bits per heavy atom. The minimum Gasteiger partial charge on any atom is -0.497 e. The van der Waals surface area contributed by atoms with Gasteiger partial charge in [0.05, 0.1) is 13.7 Å². The first kappa shape index (κ1) is 17.0. The van der Waals surface area contributed by atoms with Crippen LogP contribution >= 0.6 is 0 Å². The van der Waals surface area contributed by atoms with Crippen LogP contribution in [0.3, 0.4) is 0 Å². The van der Waals surface area contributed by atoms with E-state index in [1.54, 1.807) is 24.3 Å². The van der Waals surface area contributed by atoms with Gasteiger partial charge in [0, 0.05) is 31.8 Å². The fraction of sp³-hybridized carbons (Fsp3) is 0.389. The fourth-order valence-corrected chi connectivity index (χ4v) is 2.71. The molecule has 25 heavy (non-hydrogen) atoms. The van der Waals surface area contributed by atoms with Crippen molar-refractivity contribution >= 4 is 6.03 Å². The van der Waals surface area contributed by atoms with Crippen LogP contribution in [0.5, 0.6) is 11.6 Å². The zero-order valence-corrected chi connectivity index (χ0v) is 14.4. The molecule has 0 saturated carbocycles. The number of nitrogens with zero attached hydrogens (tertiary/aromatic N) is 3. The molecule has 1 aliphatic heterocycles. The Hall–Kier alpha value is -2.83. The summed E-state index contributed by atoms with van der Waals surface area (Å²) in [5.41, 5.74) is 1.03. The van der Waals surface area contributed by atoms with Gasteiger partial charge in [-0.3, -0.25) is 0 Å². The third kappa shape index (κ3) is 4.59. The van der Waals surface area contributed by atoms with Crippen LogP contribution in [0.4, 0.5) is 4.79 Å². The number of likely N-dealkylation sites (tertiary alicyclic amines) is 1. The summed E-state index contributed by atoms with van der Waals surface area (Å²) in [4.78, 5) is 22.4. The van der Waals surface area contributed by atoms with Gasteiger partial charge in [0.1, 0.15) is 17.7 Å². The molecule has 7 nitrogen and oxygen atoms in total. The molecular weight excluding hydrogens is 320 g/mol. The van der Waals surface area contributed by atoms with E-state index in [9.17, 15) is 4.79 Å². The quantitative estimate of drug-likeness (QED) is 0.901. The van der Waals surface area contributed by atoms with Crippen molar-refractivity contribution in [3.05, 3.63) is 47.9 Å². The monoisotopic (exact) mass is 342 g/mol. The molecule has 0 bridgehead atoms. The largest absolute Gasteiger partial charge is 0.497 e. The number of hydrogen-bond acceptors (Lipinski definition) is 5. The van der Waals surface area contributed by atoms with E-state index >= 15 is 0 Å². The number of carbonyl (C=O) groups is 1. The minimum atomic E-state index is -0.0826. The highest BCUT2D eigenvalue weighted by Gasteiger charge is 2.27. The van der Waals surface area contributed by atoms with Crippen LogP contribution in [0.1, 0.15) is 17.8 Å². The number of benzene rings is 1. The predicted octanol–water partition coefficient (Wildman–Crippen LogP) is 2.16. The molecule has 1 aliphatic rings. The summed E-state index contributed by atoms with van der Waals surface area (Å²) in [5.74, 6) is 2.03. The molecular formula is C18H22N4O3. The second kappa shape index (κ2) is 7.83. The second-order valence-corrected chi connectivity index (χ2v) is 5.92. The number of aromatic nitrogens is 2. The van der Waals surface area contributed by atoms with E-state index in [0.29, 0.717) is 31.3 Å². The lowest BCUT2D eigenvalue weighted by atomic mass is 10.2. The molecule has 1 atom stereocenters. The number of rotatable bonds is 5. The van der Waals surface area contributed by atoms with Crippen LogP contribution in [0, 0.1) is 6.92 Å². The lowest BCUT2D eigenvalue weighted by molar-refractivity contribution is 0.182. The lowest BCUT2D eigenvalue weighted by Crippen LogP contribution is -2.39. The molecule has 2 heterocycles. The third-order valence-corrected chi connectivity index (χ3v) is 4.07. The van der Waals surface area contributed by atoms with Gasteiger partial charge < -0.3 is 19.7 Å². The second-order valence-electron chi connectivity index (χ2n) is 5.92. The highest BCUT2D eigenvalue weighted by Crippen LogP contribution is 2.17. The Morgan fingerprint density at radius 1 is 1.32 bits per heavy atom. The highest BCUT2D eigenvalue weighted by atomic mass is 16.5. The smallest absolute Gasteiger partial charge is 0.317 e. The molecule has 1 saturated heterocycles. The molecule has 0 unspecified atom stereocenters. The number of carbonyl (C=O) groups excluding carboxylic acids is 1. The summed E-state index contributed by atoms with van der Waals surface area (Å²) in [7, 11) is 1.63. The van der Waals surface area contributed by atoms with Crippen LogP contribution in [-0.2, 0) is 6.54 Å². The average molecular weight is 342 g/mol. The number of amides is 2. The molecule has 7 heteroatoms. The number of ether oxygens (including phenoxy) is 2. The Balaban J connectivity index is 1.47. The van der Waals surface area contributed by atoms with Gasteiger partial charge in [0.25, 0.3) is 0 Å². The summed E-state index contributed by atoms with van der Waals surface area (Å²) in [6.45, 7) is 3.52. The maximum atomic E-state index is 12.3. The fourth-order valence-electron chi connectivity index (χ4n) is 2.71. The standard InChI is InChI=1S/C18H22N4O3/c1-13-19-9-7-17(21-13)25-16-8-10-22(12-16)18(23)20-11-14-3-5-15(24-2)6-4-14/h3-7,9,16H,8,10-12H2,1-2H3,(H,20,23)/t16-/m0/s1. The molecule has 1 fully saturated rings. The molecule has 1 aromatic carbocycles. The number of hydrogen-bond donors (Lipinski definition) is 1. The first-order valence-corrected chi connectivity index (χ1v) is 8.26. The van der Waals surface area contributed by atoms with Crippen molar-refractivity contribution in [3.63, 3.8) is 0 Å². The molecule has 132 valence electrons. The van der Waals surface area contributed by atoms with E-state index in [4.69, 9.17) is 9.47 Å². The van der Waals surface area contributed by atoms with Crippen LogP contribution in [0.15, 0.2) is 36.5 Å². The molecule has 1 aromatic heterocycles. The first-order chi connectivity index (χ1) is 12.1. The van der Waals surface area contributed by atoms with Gasteiger partial charge in [-0.15, -0.1) is 0 Å². The zero-order chi connectivity index (χ0) is 17.6. The minimum absolute atomic E-state index is 0.0407. The summed E-state index contributed by atoms with van der Waals surface area (Å²) < 4.78 is 11.0. The van der Waals surface area contributed by atoms with Gasteiger partial charge in [-0.2, -0.15) is 4.98 Å². The van der Waals surface area contributed by atoms with E-state index in [2.05, 4.69) is 15.3 Å². The molecule has 3 rings (SSSR count). The topological polar surface area (TPSA) is 76.6 Å². The predicted molar refractivity (Wildman–Crippen MR) is 92.6 cm³/mol. The Kier molecular flexibility index (Phi) is 5.33. The molecule has 2 amide bonds. The third-order valence-electron chi connectivity index (χ3n) is 4.07. The summed E-state index contributed by atoms with van der Waals surface area (Å²) >= 11 is 0. The Morgan fingerprint density at radius 2 is 2.12 bits per heavy atom. The van der Waals surface area contributed by atoms with E-state index in [-0.39, 0.29) is 12.1 Å². The van der Waals surface area contributed by atoms with Gasteiger partial charge >= 0.3 is 6.03 Å². The number of nitrogens with one attached hydrogen (secondary N) is 1. The normalized spacial score (nSPS) is 16.6. The highest BCUT2D eigenvalue weighted by molar-refractivity contribution is 5.74. The van der Waals surface area contributed by atoms with E-state index in [0.717, 1.165) is 17.7 Å². The van der Waals surface area contributed by atoms with Crippen molar-refractivity contribution in [2.45, 2.75) is 26.0 Å². The maximum absolute atomic E-state index is 12.3. The van der Waals surface area contributed by atoms with E-state index < -0.39 is 0 Å². The lowest BCUT2D eigenvalue weighted by Gasteiger charge is -2.18. The molecule has 1 N–H and O–H groups in total. The average Bonchev–Trinajstić information content (AvgIpc) is 3.08. The molecule has 0 spiro atoms. The molecule has 0 aliphatic carbocycles. The van der Waals surface area contributed by atoms with Crippen molar-refractivity contribution in [1.82, 2.24) is 20.2 Å². The number of methoxy groups -OCH3 is 1. The van der Waals surface area contributed by atoms with Gasteiger partial charge in [0.15, 0.2) is 0 Å². The van der Waals surface area contributed by atoms with Gasteiger partial charge in [-0.25, -0.2) is 9.78 Å². The number of aryl methyl sites for hydroxylation is 1. The first-order valence-electron chi connectivity index (χ1n) is 8.26. The van der Waals surface area contributed by atoms with Crippen LogP contribution in [-0.4, -0.2) is 47.2 Å². The summed E-state index contributed by atoms with van der Waals surface area (Å²) in [6, 6.07) is 9.29. The van der Waals surface area contributed by atoms with Crippen LogP contribution < -0.4 is 14.8 Å². The summed E-state index contributed by atoms with van der Waals surface area (Å²) in [6.07, 6.45) is 2.42. The number of urea groups is 1. The van der Waals surface area contributed by atoms with Crippen molar-refractivity contribution in [2.24, 2.45) is 0 Å². The SMILES string of the molecule is COc1ccc(CNC(=O)N2CC[C@H](Oc3ccnc(C)n3)C2)cc1. The molecule has 0 radical (unpaired) electrons. The maximum Gasteiger partial charge on any atom is 0.317 e. The van der Waals surface area contributed by atoms with E-state index in [1.165, 1.54) is 0 Å².